The van der Waals surface area contributed by atoms with Crippen molar-refractivity contribution in [3.05, 3.63) is 29.9 Å². The lowest BCUT2D eigenvalue weighted by Crippen LogP contribution is -2.38. The molecule has 1 aromatic carbocycles. The Morgan fingerprint density at radius 3 is 2.90 bits per heavy atom. The quantitative estimate of drug-likeness (QED) is 0.399. The molecule has 0 spiro atoms. The van der Waals surface area contributed by atoms with Gasteiger partial charge in [-0.15, -0.1) is 23.1 Å². The molecule has 1 saturated carbocycles. The van der Waals surface area contributed by atoms with Crippen molar-refractivity contribution in [1.29, 1.82) is 0 Å². The van der Waals surface area contributed by atoms with Crippen molar-refractivity contribution >= 4 is 67.5 Å². The van der Waals surface area contributed by atoms with Crippen LogP contribution in [0.4, 0.5) is 15.6 Å². The van der Waals surface area contributed by atoms with Gasteiger partial charge in [-0.25, -0.2) is 14.8 Å². The minimum Gasteiger partial charge on any atom is -0.481 e. The molecule has 0 saturated heterocycles. The summed E-state index contributed by atoms with van der Waals surface area (Å²) >= 11 is 4.38. The van der Waals surface area contributed by atoms with Crippen molar-refractivity contribution in [1.82, 2.24) is 9.97 Å². The Bertz CT molecular complexity index is 1060. The van der Waals surface area contributed by atoms with E-state index in [9.17, 15) is 9.59 Å². The largest absolute Gasteiger partial charge is 0.481 e. The van der Waals surface area contributed by atoms with Gasteiger partial charge in [-0.3, -0.25) is 15.0 Å². The number of carbonyl (C=O) groups is 2. The zero-order chi connectivity index (χ0) is 21.8. The Balaban J connectivity index is 1.47. The fraction of sp³-hybridized carbons (Fsp3) is 0.429. The second-order valence-electron chi connectivity index (χ2n) is 7.73. The maximum atomic E-state index is 13.2. The smallest absolute Gasteiger partial charge is 0.328 e. The number of rotatable bonds is 8. The summed E-state index contributed by atoms with van der Waals surface area (Å²) in [4.78, 5) is 34.7. The molecule has 0 aliphatic heterocycles. The molecule has 1 fully saturated rings. The van der Waals surface area contributed by atoms with Crippen molar-refractivity contribution < 1.29 is 14.7 Å². The third-order valence-corrected chi connectivity index (χ3v) is 8.54. The number of carboxylic acids is 1. The highest BCUT2D eigenvalue weighted by molar-refractivity contribution is 8.01. The van der Waals surface area contributed by atoms with Crippen LogP contribution in [0.1, 0.15) is 32.6 Å². The number of fused-ring (bicyclic) bond motifs is 1. The molecule has 7 nitrogen and oxygen atoms in total. The molecular weight excluding hydrogens is 452 g/mol. The van der Waals surface area contributed by atoms with Crippen molar-refractivity contribution in [3.8, 4) is 0 Å². The van der Waals surface area contributed by atoms with E-state index >= 15 is 0 Å². The highest BCUT2D eigenvalue weighted by Gasteiger charge is 2.24. The number of anilines is 2. The maximum Gasteiger partial charge on any atom is 0.328 e. The normalized spacial score (nSPS) is 15.3. The third-order valence-electron chi connectivity index (χ3n) is 5.38. The molecule has 10 heteroatoms. The number of amides is 2. The van der Waals surface area contributed by atoms with Crippen LogP contribution >= 0.6 is 34.4 Å². The van der Waals surface area contributed by atoms with Gasteiger partial charge in [0, 0.05) is 18.0 Å². The number of hydrogen-bond donors (Lipinski definition) is 2. The van der Waals surface area contributed by atoms with Crippen LogP contribution in [-0.4, -0.2) is 39.4 Å². The minimum atomic E-state index is -0.814. The van der Waals surface area contributed by atoms with Crippen LogP contribution < -0.4 is 10.2 Å². The fourth-order valence-electron chi connectivity index (χ4n) is 3.59. The monoisotopic (exact) mass is 476 g/mol. The number of aliphatic carboxylic acids is 1. The molecule has 2 heterocycles. The summed E-state index contributed by atoms with van der Waals surface area (Å²) in [7, 11) is 0. The van der Waals surface area contributed by atoms with Crippen LogP contribution in [0.5, 0.6) is 0 Å². The van der Waals surface area contributed by atoms with Gasteiger partial charge in [0.2, 0.25) is 0 Å². The Morgan fingerprint density at radius 1 is 1.32 bits per heavy atom. The van der Waals surface area contributed by atoms with E-state index in [1.165, 1.54) is 35.9 Å². The van der Waals surface area contributed by atoms with Crippen LogP contribution in [0.2, 0.25) is 0 Å². The van der Waals surface area contributed by atoms with Gasteiger partial charge in [-0.1, -0.05) is 31.1 Å². The average Bonchev–Trinajstić information content (AvgIpc) is 3.51. The van der Waals surface area contributed by atoms with E-state index in [0.717, 1.165) is 33.0 Å². The first-order valence-electron chi connectivity index (χ1n) is 10.2. The van der Waals surface area contributed by atoms with Gasteiger partial charge in [-0.2, -0.15) is 0 Å². The number of hydrogen-bond acceptors (Lipinski definition) is 7. The van der Waals surface area contributed by atoms with Gasteiger partial charge in [0.15, 0.2) is 5.13 Å². The van der Waals surface area contributed by atoms with Gasteiger partial charge in [0.05, 0.1) is 32.1 Å². The molecule has 1 aliphatic rings. The molecule has 1 unspecified atom stereocenters. The molecule has 1 atom stereocenters. The van der Waals surface area contributed by atoms with Gasteiger partial charge in [-0.05, 0) is 37.0 Å². The molecule has 0 bridgehead atoms. The number of nitrogens with zero attached hydrogens (tertiary/aromatic N) is 3. The van der Waals surface area contributed by atoms with Gasteiger partial charge < -0.3 is 5.11 Å². The van der Waals surface area contributed by atoms with Gasteiger partial charge >= 0.3 is 12.0 Å². The first kappa shape index (κ1) is 22.0. The molecule has 4 rings (SSSR count). The number of benzene rings is 1. The predicted molar refractivity (Wildman–Crippen MR) is 128 cm³/mol. The second-order valence-corrected chi connectivity index (χ2v) is 11.0. The highest BCUT2D eigenvalue weighted by atomic mass is 32.2. The first-order chi connectivity index (χ1) is 15.0. The summed E-state index contributed by atoms with van der Waals surface area (Å²) in [5, 5.41) is 12.5. The molecule has 2 N–H and O–H groups in total. The SMILES string of the molecule is CC(CSc1cnc(NC(=O)N(CC2CCCC2)c2ccc3ncsc3c2)s1)C(=O)O. The lowest BCUT2D eigenvalue weighted by molar-refractivity contribution is -0.140. The van der Waals surface area contributed by atoms with Crippen molar-refractivity contribution in [2.75, 3.05) is 22.5 Å². The molecule has 2 amide bonds. The summed E-state index contributed by atoms with van der Waals surface area (Å²) < 4.78 is 1.94. The second kappa shape index (κ2) is 9.97. The number of thiazole rings is 2. The molecule has 3 aromatic rings. The number of carbonyl (C=O) groups excluding carboxylic acids is 1. The summed E-state index contributed by atoms with van der Waals surface area (Å²) in [6, 6.07) is 5.74. The fourth-order valence-corrected chi connectivity index (χ4v) is 6.20. The molecular formula is C21H24N4O3S3. The van der Waals surface area contributed by atoms with Gasteiger partial charge in [0.25, 0.3) is 0 Å². The van der Waals surface area contributed by atoms with Crippen LogP contribution in [0.3, 0.4) is 0 Å². The van der Waals surface area contributed by atoms with E-state index in [4.69, 9.17) is 5.11 Å². The number of carboxylic acid groups (broad SMARTS) is 1. The first-order valence-corrected chi connectivity index (χ1v) is 12.9. The number of urea groups is 1. The lowest BCUT2D eigenvalue weighted by atomic mass is 10.1. The van der Waals surface area contributed by atoms with E-state index in [0.29, 0.717) is 23.3 Å². The van der Waals surface area contributed by atoms with Crippen molar-refractivity contribution in [3.63, 3.8) is 0 Å². The van der Waals surface area contributed by atoms with E-state index in [1.54, 1.807) is 24.5 Å². The topological polar surface area (TPSA) is 95.4 Å². The maximum absolute atomic E-state index is 13.2. The zero-order valence-electron chi connectivity index (χ0n) is 17.1. The summed E-state index contributed by atoms with van der Waals surface area (Å²) in [6.07, 6.45) is 6.41. The Kier molecular flexibility index (Phi) is 7.09. The number of aromatic nitrogens is 2. The molecule has 164 valence electrons. The van der Waals surface area contributed by atoms with E-state index < -0.39 is 11.9 Å². The Labute approximate surface area is 192 Å². The highest BCUT2D eigenvalue weighted by Crippen LogP contribution is 2.32. The number of thioether (sulfide) groups is 1. The lowest BCUT2D eigenvalue weighted by Gasteiger charge is -2.25. The predicted octanol–water partition coefficient (Wildman–Crippen LogP) is 5.79. The Hall–Kier alpha value is -2.17. The van der Waals surface area contributed by atoms with E-state index in [1.807, 2.05) is 28.6 Å². The van der Waals surface area contributed by atoms with Crippen LogP contribution in [0, 0.1) is 11.8 Å². The van der Waals surface area contributed by atoms with Crippen LogP contribution in [0.15, 0.2) is 34.1 Å². The molecule has 0 radical (unpaired) electrons. The minimum absolute atomic E-state index is 0.194. The summed E-state index contributed by atoms with van der Waals surface area (Å²) in [5.74, 6) is -0.282. The van der Waals surface area contributed by atoms with Crippen molar-refractivity contribution in [2.24, 2.45) is 11.8 Å². The van der Waals surface area contributed by atoms with Crippen molar-refractivity contribution in [2.45, 2.75) is 36.8 Å². The van der Waals surface area contributed by atoms with Crippen LogP contribution in [0.25, 0.3) is 10.2 Å². The van der Waals surface area contributed by atoms with E-state index in [-0.39, 0.29) is 6.03 Å². The molecule has 31 heavy (non-hydrogen) atoms. The standard InChI is InChI=1S/C21H24N4O3S3/c1-13(19(26)27)11-29-18-9-22-20(31-18)24-21(28)25(10-14-4-2-3-5-14)15-6-7-16-17(8-15)30-12-23-16/h6-9,12-14H,2-5,10-11H2,1H3,(H,26,27)(H,22,24,28). The summed E-state index contributed by atoms with van der Waals surface area (Å²) in [6.45, 7) is 2.36. The van der Waals surface area contributed by atoms with E-state index in [2.05, 4.69) is 15.3 Å². The molecule has 1 aliphatic carbocycles. The van der Waals surface area contributed by atoms with Gasteiger partial charge in [0.1, 0.15) is 0 Å². The molecule has 2 aromatic heterocycles. The number of nitrogens with one attached hydrogen (secondary N) is 1. The Morgan fingerprint density at radius 2 is 2.13 bits per heavy atom. The van der Waals surface area contributed by atoms with Crippen LogP contribution in [-0.2, 0) is 4.79 Å². The average molecular weight is 477 g/mol. The summed E-state index contributed by atoms with van der Waals surface area (Å²) in [5.41, 5.74) is 3.62. The third kappa shape index (κ3) is 5.55. The zero-order valence-corrected chi connectivity index (χ0v) is 19.6.